The summed E-state index contributed by atoms with van der Waals surface area (Å²) in [6.45, 7) is 17.4. The summed E-state index contributed by atoms with van der Waals surface area (Å²) in [6.07, 6.45) is 0. The van der Waals surface area contributed by atoms with E-state index in [1.165, 1.54) is 0 Å². The van der Waals surface area contributed by atoms with E-state index >= 15 is 0 Å². The van der Waals surface area contributed by atoms with Gasteiger partial charge in [-0.1, -0.05) is 315 Å². The molecule has 8 nitrogen and oxygen atoms in total. The average Bonchev–Trinajstić information content (AvgIpc) is 0.786. The second-order valence-corrected chi connectivity index (χ2v) is 33.7. The Balaban J connectivity index is 1.24. The van der Waals surface area contributed by atoms with Crippen LogP contribution < -0.4 is 63.7 Å². The first-order valence-corrected chi connectivity index (χ1v) is 39.8. The van der Waals surface area contributed by atoms with Gasteiger partial charge in [0.05, 0.1) is 22.7 Å². The zero-order valence-corrected chi connectivity index (χ0v) is 62.3. The van der Waals surface area contributed by atoms with E-state index in [0.29, 0.717) is 22.7 Å². The molecule has 0 aliphatic carbocycles. The van der Waals surface area contributed by atoms with Crippen molar-refractivity contribution in [3.63, 3.8) is 0 Å². The zero-order valence-electron chi connectivity index (χ0n) is 58.8. The van der Waals surface area contributed by atoms with Crippen LogP contribution in [0.3, 0.4) is 0 Å². The van der Waals surface area contributed by atoms with E-state index in [0.717, 1.165) is 132 Å². The van der Waals surface area contributed by atoms with Gasteiger partial charge in [-0.15, -0.1) is 0 Å². The van der Waals surface area contributed by atoms with Crippen LogP contribution in [0.1, 0.15) is 44.5 Å². The monoisotopic (exact) mass is 1400 g/mol. The molecule has 12 heteroatoms. The van der Waals surface area contributed by atoms with Crippen molar-refractivity contribution in [1.29, 1.82) is 0 Å². The third kappa shape index (κ3) is 16.6. The summed E-state index contributed by atoms with van der Waals surface area (Å²) in [5, 5.41) is 25.5. The maximum Gasteiger partial charge on any atom is 0.139 e. The summed E-state index contributed by atoms with van der Waals surface area (Å²) < 4.78 is 0. The van der Waals surface area contributed by atoms with Crippen molar-refractivity contribution in [3.8, 4) is 0 Å². The maximum absolute atomic E-state index is 6.23. The molecule has 0 atom stereocenters. The summed E-state index contributed by atoms with van der Waals surface area (Å²) >= 11 is 0. The standard InChI is InChI=1S/C90H82N8P4/c1-63-37-33-38-64(2)83(63)95-87(99(71-45-17-9-18-46-71)72-47-19-10-20-48-72)91-79-61-81(93-89(97-85-67(5)41-35-42-68(85)6)101(75-53-25-13-26-54-75)76-55-27-14-28-56-76)82(94-90(98-86-69(7)43-36-44-70(86)8)102(77-57-29-15-30-58-77)78-59-31-16-32-60-78)62-80(79)92-88(96-84-65(3)39-34-40-66(84)4)100(73-49-21-11-22-50-73)74-51-23-12-24-52-74/h9-62H,1-8H3,(H,91,95)(H,92,96)(H,93,97)(H,94,98). The SMILES string of the molecule is Cc1cccc(C)c1N/C(=N/c1cc(/N=C(/Nc2c(C)cccc2C)P(c2ccccc2)c2ccccc2)c(/N=C(\Nc2c(C)cccc2C)P(c2ccccc2)c2ccccc2)cc1/N=C(/Nc1c(C)cccc1C)P(c1ccccc1)c1ccccc1)P(c1ccccc1)c1ccccc1. The summed E-state index contributed by atoms with van der Waals surface area (Å²) in [5.74, 6) is 0. The highest BCUT2D eigenvalue weighted by atomic mass is 31.1. The average molecular weight is 1400 g/mol. The first-order chi connectivity index (χ1) is 49.9. The molecule has 13 rings (SSSR count). The number of para-hydroxylation sites is 4. The van der Waals surface area contributed by atoms with Gasteiger partial charge < -0.3 is 21.3 Å². The smallest absolute Gasteiger partial charge is 0.139 e. The minimum Gasteiger partial charge on any atom is -0.339 e. The van der Waals surface area contributed by atoms with E-state index in [4.69, 9.17) is 20.0 Å². The normalized spacial score (nSPS) is 12.1. The molecule has 0 radical (unpaired) electrons. The van der Waals surface area contributed by atoms with Crippen LogP contribution >= 0.6 is 31.7 Å². The minimum atomic E-state index is -1.41. The maximum atomic E-state index is 6.23. The predicted molar refractivity (Wildman–Crippen MR) is 449 cm³/mol. The van der Waals surface area contributed by atoms with Crippen molar-refractivity contribution in [2.75, 3.05) is 21.3 Å². The number of anilines is 4. The van der Waals surface area contributed by atoms with Gasteiger partial charge in [0.2, 0.25) is 0 Å². The van der Waals surface area contributed by atoms with Gasteiger partial charge in [-0.05, 0) is 154 Å². The van der Waals surface area contributed by atoms with Crippen molar-refractivity contribution in [3.05, 3.63) is 372 Å². The van der Waals surface area contributed by atoms with Crippen LogP contribution in [0.5, 0.6) is 0 Å². The molecule has 0 aliphatic heterocycles. The molecule has 0 unspecified atom stereocenters. The van der Waals surface area contributed by atoms with Gasteiger partial charge in [0.25, 0.3) is 0 Å². The quantitative estimate of drug-likeness (QED) is 0.0347. The van der Waals surface area contributed by atoms with E-state index in [2.05, 4.69) is 404 Å². The van der Waals surface area contributed by atoms with Crippen molar-refractivity contribution in [1.82, 2.24) is 0 Å². The number of hydrogen-bond donors (Lipinski definition) is 4. The summed E-state index contributed by atoms with van der Waals surface area (Å²) in [4.78, 5) is 24.9. The van der Waals surface area contributed by atoms with Crippen molar-refractivity contribution < 1.29 is 0 Å². The number of rotatable bonds is 20. The molecule has 13 aromatic carbocycles. The molecule has 102 heavy (non-hydrogen) atoms. The molecule has 0 bridgehead atoms. The van der Waals surface area contributed by atoms with E-state index < -0.39 is 31.7 Å². The van der Waals surface area contributed by atoms with E-state index in [1.54, 1.807) is 0 Å². The van der Waals surface area contributed by atoms with Crippen LogP contribution in [0.15, 0.2) is 348 Å². The summed E-state index contributed by atoms with van der Waals surface area (Å²) in [5.41, 5.74) is 18.1. The summed E-state index contributed by atoms with van der Waals surface area (Å²) in [7, 11) is -5.63. The molecule has 0 saturated carbocycles. The second kappa shape index (κ2) is 33.3. The van der Waals surface area contributed by atoms with Crippen LogP contribution in [0.2, 0.25) is 0 Å². The highest BCUT2D eigenvalue weighted by Crippen LogP contribution is 2.50. The topological polar surface area (TPSA) is 97.6 Å². The second-order valence-electron chi connectivity index (χ2n) is 25.2. The lowest BCUT2D eigenvalue weighted by Gasteiger charge is -2.26. The van der Waals surface area contributed by atoms with Crippen LogP contribution in [-0.2, 0) is 0 Å². The van der Waals surface area contributed by atoms with Crippen LogP contribution in [-0.4, -0.2) is 22.3 Å². The van der Waals surface area contributed by atoms with Gasteiger partial charge in [-0.2, -0.15) is 0 Å². The molecule has 0 heterocycles. The molecule has 0 spiro atoms. The Morgan fingerprint density at radius 1 is 0.186 bits per heavy atom. The number of benzene rings is 13. The Kier molecular flexibility index (Phi) is 22.8. The lowest BCUT2D eigenvalue weighted by atomic mass is 10.1. The van der Waals surface area contributed by atoms with Gasteiger partial charge in [0, 0.05) is 54.4 Å². The Labute approximate surface area is 606 Å². The lowest BCUT2D eigenvalue weighted by molar-refractivity contribution is 1.35. The molecule has 502 valence electrons. The van der Waals surface area contributed by atoms with Crippen molar-refractivity contribution >= 4 is 142 Å². The zero-order chi connectivity index (χ0) is 70.3. The van der Waals surface area contributed by atoms with Gasteiger partial charge in [-0.25, -0.2) is 20.0 Å². The fourth-order valence-corrected chi connectivity index (χ4v) is 21.2. The Bertz CT molecular complexity index is 4260. The van der Waals surface area contributed by atoms with Crippen molar-refractivity contribution in [2.45, 2.75) is 55.4 Å². The van der Waals surface area contributed by atoms with Gasteiger partial charge in [-0.3, -0.25) is 0 Å². The third-order valence-corrected chi connectivity index (χ3v) is 26.9. The fourth-order valence-electron chi connectivity index (χ4n) is 12.6. The van der Waals surface area contributed by atoms with Crippen LogP contribution in [0.25, 0.3) is 0 Å². The van der Waals surface area contributed by atoms with Gasteiger partial charge >= 0.3 is 0 Å². The first kappa shape index (κ1) is 69.9. The first-order valence-electron chi connectivity index (χ1n) is 34.4. The molecular formula is C90H82N8P4. The Morgan fingerprint density at radius 2 is 0.324 bits per heavy atom. The van der Waals surface area contributed by atoms with Gasteiger partial charge in [0.1, 0.15) is 22.3 Å². The highest BCUT2D eigenvalue weighted by Gasteiger charge is 2.30. The highest BCUT2D eigenvalue weighted by molar-refractivity contribution is 7.89. The molecule has 13 aromatic rings. The number of nitrogens with one attached hydrogen (secondary N) is 4. The molecule has 0 aliphatic rings. The van der Waals surface area contributed by atoms with Crippen LogP contribution in [0, 0.1) is 55.4 Å². The number of aliphatic imine (C=N–C) groups is 4. The minimum absolute atomic E-state index is 0.588. The molecule has 4 N–H and O–H groups in total. The number of nitrogens with zero attached hydrogens (tertiary/aromatic N) is 4. The molecule has 0 aromatic heterocycles. The molecular weight excluding hydrogens is 1320 g/mol. The molecule has 0 fully saturated rings. The third-order valence-electron chi connectivity index (χ3n) is 17.8. The summed E-state index contributed by atoms with van der Waals surface area (Å²) in [6, 6.07) is 117. The number of amidine groups is 4. The Morgan fingerprint density at radius 3 is 0.461 bits per heavy atom. The predicted octanol–water partition coefficient (Wildman–Crippen LogP) is 21.1. The van der Waals surface area contributed by atoms with Crippen molar-refractivity contribution in [2.24, 2.45) is 20.0 Å². The fraction of sp³-hybridized carbons (Fsp3) is 0.0889. The molecule has 0 amide bonds. The van der Waals surface area contributed by atoms with E-state index in [-0.39, 0.29) is 0 Å². The van der Waals surface area contributed by atoms with Gasteiger partial charge in [0.15, 0.2) is 0 Å². The molecule has 0 saturated heterocycles. The number of aryl methyl sites for hydroxylation is 8. The van der Waals surface area contributed by atoms with E-state index in [9.17, 15) is 0 Å². The van der Waals surface area contributed by atoms with Crippen LogP contribution in [0.4, 0.5) is 45.5 Å². The number of hydrogen-bond acceptors (Lipinski definition) is 4. The van der Waals surface area contributed by atoms with E-state index in [1.807, 2.05) is 0 Å². The lowest BCUT2D eigenvalue weighted by Crippen LogP contribution is -2.24. The Hall–Kier alpha value is -10.5. The largest absolute Gasteiger partial charge is 0.339 e.